The van der Waals surface area contributed by atoms with Gasteiger partial charge in [-0.15, -0.1) is 11.6 Å². The van der Waals surface area contributed by atoms with Crippen LogP contribution < -0.4 is 0 Å². The molecule has 0 radical (unpaired) electrons. The first-order valence-corrected chi connectivity index (χ1v) is 7.62. The van der Waals surface area contributed by atoms with E-state index in [-0.39, 0.29) is 11.8 Å². The zero-order valence-electron chi connectivity index (χ0n) is 11.8. The number of aryl methyl sites for hydroxylation is 2. The van der Waals surface area contributed by atoms with Crippen molar-refractivity contribution >= 4 is 29.1 Å². The van der Waals surface area contributed by atoms with Crippen LogP contribution in [0.4, 0.5) is 0 Å². The lowest BCUT2D eigenvalue weighted by Crippen LogP contribution is -2.35. The van der Waals surface area contributed by atoms with E-state index < -0.39 is 0 Å². The molecule has 0 aliphatic heterocycles. The van der Waals surface area contributed by atoms with Crippen molar-refractivity contribution in [1.82, 2.24) is 14.7 Å². The van der Waals surface area contributed by atoms with Crippen molar-refractivity contribution in [3.63, 3.8) is 0 Å². The Labute approximate surface area is 129 Å². The first-order chi connectivity index (χ1) is 9.52. The minimum absolute atomic E-state index is 0.00904. The third-order valence-electron chi connectivity index (χ3n) is 3.64. The quantitative estimate of drug-likeness (QED) is 0.619. The van der Waals surface area contributed by atoms with Crippen molar-refractivity contribution < 1.29 is 4.79 Å². The minimum atomic E-state index is -0.0677. The number of aromatic nitrogens is 2. The van der Waals surface area contributed by atoms with Gasteiger partial charge < -0.3 is 4.90 Å². The molecule has 0 spiro atoms. The molecule has 2 rings (SSSR count). The van der Waals surface area contributed by atoms with Crippen molar-refractivity contribution in [2.75, 3.05) is 12.4 Å². The topological polar surface area (TPSA) is 38.1 Å². The molecule has 1 atom stereocenters. The van der Waals surface area contributed by atoms with Gasteiger partial charge in [-0.2, -0.15) is 5.10 Å². The van der Waals surface area contributed by atoms with Crippen LogP contribution in [0.3, 0.4) is 0 Å². The lowest BCUT2D eigenvalue weighted by Gasteiger charge is -2.24. The lowest BCUT2D eigenvalue weighted by molar-refractivity contribution is -0.129. The molecule has 0 saturated heterocycles. The highest BCUT2D eigenvalue weighted by Gasteiger charge is 2.22. The first-order valence-electron chi connectivity index (χ1n) is 6.71. The molecule has 1 aromatic heterocycles. The van der Waals surface area contributed by atoms with Gasteiger partial charge in [0.05, 0.1) is 23.0 Å². The number of alkyl halides is 1. The molecule has 1 heterocycles. The molecular weight excluding hydrogens is 297 g/mol. The van der Waals surface area contributed by atoms with Crippen LogP contribution >= 0.6 is 23.2 Å². The largest absolute Gasteiger partial charge is 0.335 e. The molecular formula is C14H19Cl2N3O. The van der Waals surface area contributed by atoms with Gasteiger partial charge in [0, 0.05) is 13.6 Å². The molecule has 0 N–H and O–H groups in total. The number of carbonyl (C=O) groups excluding carboxylic acids is 1. The number of hydrogen-bond acceptors (Lipinski definition) is 2. The monoisotopic (exact) mass is 315 g/mol. The van der Waals surface area contributed by atoms with Crippen LogP contribution in [0.25, 0.3) is 0 Å². The minimum Gasteiger partial charge on any atom is -0.335 e. The van der Waals surface area contributed by atoms with Gasteiger partial charge in [0.1, 0.15) is 5.88 Å². The fourth-order valence-corrected chi connectivity index (χ4v) is 2.89. The van der Waals surface area contributed by atoms with E-state index in [2.05, 4.69) is 17.3 Å². The lowest BCUT2D eigenvalue weighted by atomic mass is 10.1. The van der Waals surface area contributed by atoms with E-state index in [0.717, 1.165) is 24.2 Å². The highest BCUT2D eigenvalue weighted by molar-refractivity contribution is 6.32. The van der Waals surface area contributed by atoms with Crippen LogP contribution in [0.5, 0.6) is 0 Å². The van der Waals surface area contributed by atoms with Crippen molar-refractivity contribution in [2.24, 2.45) is 13.0 Å². The third kappa shape index (κ3) is 3.36. The molecule has 4 nitrogen and oxygen atoms in total. The Morgan fingerprint density at radius 3 is 2.85 bits per heavy atom. The number of hydrogen-bond donors (Lipinski definition) is 0. The summed E-state index contributed by atoms with van der Waals surface area (Å²) in [4.78, 5) is 13.8. The molecule has 1 aliphatic rings. The summed E-state index contributed by atoms with van der Waals surface area (Å²) in [6.45, 7) is 2.99. The summed E-state index contributed by atoms with van der Waals surface area (Å²) in [5, 5.41) is 4.91. The molecule has 1 amide bonds. The first kappa shape index (κ1) is 15.4. The Balaban J connectivity index is 2.14. The standard InChI is InChI=1S/C14H19Cl2N3O/c1-10-14(16)12(18(2)17-10)9-19(13(20)7-15)8-11-5-3-4-6-11/h3,5,11H,4,6-9H2,1-2H3. The van der Waals surface area contributed by atoms with Crippen molar-refractivity contribution in [3.8, 4) is 0 Å². The Bertz CT molecular complexity index is 525. The van der Waals surface area contributed by atoms with E-state index in [0.29, 0.717) is 24.0 Å². The van der Waals surface area contributed by atoms with Gasteiger partial charge in [-0.3, -0.25) is 9.48 Å². The van der Waals surface area contributed by atoms with Gasteiger partial charge in [0.15, 0.2) is 0 Å². The maximum atomic E-state index is 12.0. The number of nitrogens with zero attached hydrogens (tertiary/aromatic N) is 3. The van der Waals surface area contributed by atoms with Crippen LogP contribution in [0.15, 0.2) is 12.2 Å². The van der Waals surface area contributed by atoms with Crippen molar-refractivity contribution in [1.29, 1.82) is 0 Å². The summed E-state index contributed by atoms with van der Waals surface area (Å²) in [6, 6.07) is 0. The van der Waals surface area contributed by atoms with E-state index in [4.69, 9.17) is 23.2 Å². The van der Waals surface area contributed by atoms with Crippen LogP contribution in [-0.4, -0.2) is 33.0 Å². The normalized spacial score (nSPS) is 17.7. The van der Waals surface area contributed by atoms with E-state index >= 15 is 0 Å². The SMILES string of the molecule is Cc1nn(C)c(CN(CC2C=CCC2)C(=O)CCl)c1Cl. The highest BCUT2D eigenvalue weighted by atomic mass is 35.5. The summed E-state index contributed by atoms with van der Waals surface area (Å²) in [7, 11) is 1.84. The molecule has 110 valence electrons. The highest BCUT2D eigenvalue weighted by Crippen LogP contribution is 2.23. The van der Waals surface area contributed by atoms with E-state index in [1.165, 1.54) is 0 Å². The van der Waals surface area contributed by atoms with Crippen LogP contribution in [0.1, 0.15) is 24.2 Å². The summed E-state index contributed by atoms with van der Waals surface area (Å²) in [5.41, 5.74) is 1.63. The molecule has 20 heavy (non-hydrogen) atoms. The van der Waals surface area contributed by atoms with Gasteiger partial charge in [0.25, 0.3) is 0 Å². The van der Waals surface area contributed by atoms with Gasteiger partial charge >= 0.3 is 0 Å². The van der Waals surface area contributed by atoms with Gasteiger partial charge in [-0.05, 0) is 25.7 Å². The third-order valence-corrected chi connectivity index (χ3v) is 4.36. The smallest absolute Gasteiger partial charge is 0.237 e. The number of allylic oxidation sites excluding steroid dienone is 1. The predicted octanol–water partition coefficient (Wildman–Crippen LogP) is 2.92. The zero-order chi connectivity index (χ0) is 14.7. The molecule has 1 aliphatic carbocycles. The Hall–Kier alpha value is -1.00. The van der Waals surface area contributed by atoms with E-state index in [1.807, 2.05) is 14.0 Å². The molecule has 1 unspecified atom stereocenters. The summed E-state index contributed by atoms with van der Waals surface area (Å²) < 4.78 is 1.73. The van der Waals surface area contributed by atoms with E-state index in [1.54, 1.807) is 9.58 Å². The van der Waals surface area contributed by atoms with Gasteiger partial charge in [-0.25, -0.2) is 0 Å². The Kier molecular flexibility index (Phi) is 5.11. The number of rotatable bonds is 5. The maximum Gasteiger partial charge on any atom is 0.237 e. The fraction of sp³-hybridized carbons (Fsp3) is 0.571. The second kappa shape index (κ2) is 6.64. The second-order valence-corrected chi connectivity index (χ2v) is 5.79. The number of amides is 1. The predicted molar refractivity (Wildman–Crippen MR) is 81.0 cm³/mol. The average molecular weight is 316 g/mol. The van der Waals surface area contributed by atoms with Gasteiger partial charge in [0.2, 0.25) is 5.91 Å². The van der Waals surface area contributed by atoms with Crippen LogP contribution in [0.2, 0.25) is 5.02 Å². The summed E-state index contributed by atoms with van der Waals surface area (Å²) in [5.74, 6) is 0.336. The number of halogens is 2. The van der Waals surface area contributed by atoms with Crippen LogP contribution in [0, 0.1) is 12.8 Å². The Morgan fingerprint density at radius 2 is 2.35 bits per heavy atom. The molecule has 1 aromatic rings. The van der Waals surface area contributed by atoms with Crippen molar-refractivity contribution in [3.05, 3.63) is 28.6 Å². The summed E-state index contributed by atoms with van der Waals surface area (Å²) in [6.07, 6.45) is 6.50. The molecule has 0 bridgehead atoms. The van der Waals surface area contributed by atoms with Gasteiger partial charge in [-0.1, -0.05) is 23.8 Å². The molecule has 0 fully saturated rings. The Morgan fingerprint density at radius 1 is 1.60 bits per heavy atom. The van der Waals surface area contributed by atoms with E-state index in [9.17, 15) is 4.79 Å². The van der Waals surface area contributed by atoms with Crippen molar-refractivity contribution in [2.45, 2.75) is 26.3 Å². The molecule has 6 heteroatoms. The maximum absolute atomic E-state index is 12.0. The second-order valence-electron chi connectivity index (χ2n) is 5.14. The molecule has 0 saturated carbocycles. The number of carbonyl (C=O) groups is 1. The average Bonchev–Trinajstić information content (AvgIpc) is 3.01. The van der Waals surface area contributed by atoms with Crippen LogP contribution in [-0.2, 0) is 18.4 Å². The zero-order valence-corrected chi connectivity index (χ0v) is 13.3. The fourth-order valence-electron chi connectivity index (χ4n) is 2.50. The summed E-state index contributed by atoms with van der Waals surface area (Å²) >= 11 is 12.0. The molecule has 0 aromatic carbocycles.